The van der Waals surface area contributed by atoms with Crippen molar-refractivity contribution >= 4 is 23.6 Å². The number of nitrogens with zero attached hydrogens (tertiary/aromatic N) is 1. The van der Waals surface area contributed by atoms with Crippen LogP contribution in [0.3, 0.4) is 0 Å². The fraction of sp³-hybridized carbons (Fsp3) is 0.261. The van der Waals surface area contributed by atoms with Gasteiger partial charge >= 0.3 is 12.0 Å². The van der Waals surface area contributed by atoms with Gasteiger partial charge in [-0.1, -0.05) is 29.8 Å². The molecule has 0 fully saturated rings. The normalized spacial score (nSPS) is 16.2. The zero-order valence-electron chi connectivity index (χ0n) is 17.5. The minimum atomic E-state index is -0.677. The molecule has 1 aliphatic heterocycles. The van der Waals surface area contributed by atoms with Gasteiger partial charge in [0.2, 0.25) is 0 Å². The van der Waals surface area contributed by atoms with Gasteiger partial charge in [0.05, 0.1) is 18.2 Å². The van der Waals surface area contributed by atoms with Crippen molar-refractivity contribution in [3.63, 3.8) is 0 Å². The second kappa shape index (κ2) is 8.82. The Hall–Kier alpha value is -3.61. The molecule has 7 nitrogen and oxygen atoms in total. The van der Waals surface area contributed by atoms with E-state index in [1.807, 2.05) is 19.1 Å². The number of hydrogen-bond acceptors (Lipinski definition) is 4. The molecule has 1 heterocycles. The number of aryl methyl sites for hydroxylation is 1. The number of allylic oxidation sites excluding steroid dienone is 1. The van der Waals surface area contributed by atoms with Crippen molar-refractivity contribution in [3.8, 4) is 0 Å². The van der Waals surface area contributed by atoms with E-state index in [1.54, 1.807) is 57.3 Å². The lowest BCUT2D eigenvalue weighted by molar-refractivity contribution is -0.139. The Morgan fingerprint density at radius 3 is 2.50 bits per heavy atom. The van der Waals surface area contributed by atoms with E-state index in [0.29, 0.717) is 28.1 Å². The highest BCUT2D eigenvalue weighted by Crippen LogP contribution is 2.31. The van der Waals surface area contributed by atoms with Crippen molar-refractivity contribution in [2.24, 2.45) is 0 Å². The lowest BCUT2D eigenvalue weighted by Crippen LogP contribution is -2.46. The molecule has 0 saturated heterocycles. The third kappa shape index (κ3) is 4.35. The molecule has 0 saturated carbocycles. The molecule has 0 spiro atoms. The van der Waals surface area contributed by atoms with Crippen molar-refractivity contribution in [2.45, 2.75) is 26.8 Å². The summed E-state index contributed by atoms with van der Waals surface area (Å²) in [5.41, 5.74) is 3.73. The first-order valence-corrected chi connectivity index (χ1v) is 9.72. The standard InChI is InChI=1S/C23H25N3O4/c1-5-30-22(28)19-15(3)26(4)23(29)25-20(19)17-7-6-8-18(13-17)24-21(27)16-11-9-14(2)10-12-16/h6-13,20H,5H2,1-4H3,(H,24,27)(H,25,29)/t20-/m0/s1. The Kier molecular flexibility index (Phi) is 6.20. The number of esters is 1. The third-order valence-corrected chi connectivity index (χ3v) is 5.04. The topological polar surface area (TPSA) is 87.7 Å². The molecule has 1 aliphatic rings. The van der Waals surface area contributed by atoms with E-state index in [4.69, 9.17) is 4.74 Å². The van der Waals surface area contributed by atoms with Crippen molar-refractivity contribution in [3.05, 3.63) is 76.5 Å². The Morgan fingerprint density at radius 1 is 1.13 bits per heavy atom. The van der Waals surface area contributed by atoms with Crippen LogP contribution < -0.4 is 10.6 Å². The van der Waals surface area contributed by atoms with Crippen LogP contribution in [0.2, 0.25) is 0 Å². The lowest BCUT2D eigenvalue weighted by atomic mass is 9.94. The van der Waals surface area contributed by atoms with E-state index in [9.17, 15) is 14.4 Å². The van der Waals surface area contributed by atoms with Crippen molar-refractivity contribution in [2.75, 3.05) is 19.0 Å². The molecule has 0 aromatic heterocycles. The zero-order chi connectivity index (χ0) is 21.8. The summed E-state index contributed by atoms with van der Waals surface area (Å²) >= 11 is 0. The Bertz CT molecular complexity index is 1010. The van der Waals surface area contributed by atoms with Crippen molar-refractivity contribution < 1.29 is 19.1 Å². The number of nitrogens with one attached hydrogen (secondary N) is 2. The van der Waals surface area contributed by atoms with E-state index in [-0.39, 0.29) is 18.5 Å². The summed E-state index contributed by atoms with van der Waals surface area (Å²) in [5.74, 6) is -0.724. The van der Waals surface area contributed by atoms with Gasteiger partial charge in [-0.2, -0.15) is 0 Å². The van der Waals surface area contributed by atoms with E-state index < -0.39 is 12.0 Å². The van der Waals surface area contributed by atoms with Crippen LogP contribution in [0.25, 0.3) is 0 Å². The largest absolute Gasteiger partial charge is 0.463 e. The number of benzene rings is 2. The van der Waals surface area contributed by atoms with Crippen LogP contribution in [0.5, 0.6) is 0 Å². The van der Waals surface area contributed by atoms with Gasteiger partial charge in [-0.25, -0.2) is 9.59 Å². The van der Waals surface area contributed by atoms with Crippen LogP contribution in [-0.4, -0.2) is 36.5 Å². The smallest absolute Gasteiger partial charge is 0.338 e. The van der Waals surface area contributed by atoms with Gasteiger partial charge < -0.3 is 20.3 Å². The zero-order valence-corrected chi connectivity index (χ0v) is 17.5. The predicted octanol–water partition coefficient (Wildman–Crippen LogP) is 3.78. The molecule has 2 aromatic rings. The second-order valence-electron chi connectivity index (χ2n) is 7.11. The number of rotatable bonds is 5. The molecule has 3 rings (SSSR count). The molecule has 30 heavy (non-hydrogen) atoms. The van der Waals surface area contributed by atoms with Gasteiger partial charge in [-0.05, 0) is 50.6 Å². The van der Waals surface area contributed by atoms with E-state index in [0.717, 1.165) is 5.56 Å². The number of carbonyl (C=O) groups is 3. The quantitative estimate of drug-likeness (QED) is 0.739. The molecular formula is C23H25N3O4. The predicted molar refractivity (Wildman–Crippen MR) is 114 cm³/mol. The Labute approximate surface area is 175 Å². The monoisotopic (exact) mass is 407 g/mol. The molecule has 0 unspecified atom stereocenters. The number of urea groups is 1. The summed E-state index contributed by atoms with van der Waals surface area (Å²) in [7, 11) is 1.60. The first-order chi connectivity index (χ1) is 14.3. The van der Waals surface area contributed by atoms with Gasteiger partial charge in [0.25, 0.3) is 5.91 Å². The maximum Gasteiger partial charge on any atom is 0.338 e. The van der Waals surface area contributed by atoms with Crippen LogP contribution in [0.4, 0.5) is 10.5 Å². The Balaban J connectivity index is 1.91. The molecular weight excluding hydrogens is 382 g/mol. The number of hydrogen-bond donors (Lipinski definition) is 2. The van der Waals surface area contributed by atoms with Gasteiger partial charge in [0, 0.05) is 24.0 Å². The highest BCUT2D eigenvalue weighted by molar-refractivity contribution is 6.04. The molecule has 156 valence electrons. The van der Waals surface area contributed by atoms with Gasteiger partial charge in [0.1, 0.15) is 0 Å². The SMILES string of the molecule is CCOC(=O)C1=C(C)N(C)C(=O)N[C@H]1c1cccc(NC(=O)c2ccc(C)cc2)c1. The minimum Gasteiger partial charge on any atom is -0.463 e. The molecule has 7 heteroatoms. The first-order valence-electron chi connectivity index (χ1n) is 9.72. The first kappa shape index (κ1) is 21.1. The summed E-state index contributed by atoms with van der Waals surface area (Å²) in [6, 6.07) is 13.3. The summed E-state index contributed by atoms with van der Waals surface area (Å²) in [6.07, 6.45) is 0. The molecule has 3 amide bonds. The third-order valence-electron chi connectivity index (χ3n) is 5.04. The number of ether oxygens (including phenoxy) is 1. The van der Waals surface area contributed by atoms with Crippen LogP contribution in [0.1, 0.15) is 41.4 Å². The lowest BCUT2D eigenvalue weighted by Gasteiger charge is -2.33. The Morgan fingerprint density at radius 2 is 1.83 bits per heavy atom. The summed E-state index contributed by atoms with van der Waals surface area (Å²) in [6.45, 7) is 5.63. The maximum absolute atomic E-state index is 12.6. The number of amides is 3. The van der Waals surface area contributed by atoms with Crippen LogP contribution >= 0.6 is 0 Å². The molecule has 0 radical (unpaired) electrons. The molecule has 0 aliphatic carbocycles. The molecule has 1 atom stereocenters. The summed E-state index contributed by atoms with van der Waals surface area (Å²) < 4.78 is 5.20. The van der Waals surface area contributed by atoms with Crippen LogP contribution in [0.15, 0.2) is 59.8 Å². The van der Waals surface area contributed by atoms with E-state index >= 15 is 0 Å². The molecule has 2 N–H and O–H groups in total. The average Bonchev–Trinajstić information content (AvgIpc) is 2.72. The number of anilines is 1. The van der Waals surface area contributed by atoms with Gasteiger partial charge in [-0.3, -0.25) is 4.79 Å². The highest BCUT2D eigenvalue weighted by Gasteiger charge is 2.35. The fourth-order valence-electron chi connectivity index (χ4n) is 3.26. The fourth-order valence-corrected chi connectivity index (χ4v) is 3.26. The van der Waals surface area contributed by atoms with Crippen molar-refractivity contribution in [1.29, 1.82) is 0 Å². The maximum atomic E-state index is 12.6. The van der Waals surface area contributed by atoms with Gasteiger partial charge in [0.15, 0.2) is 0 Å². The van der Waals surface area contributed by atoms with Crippen LogP contribution in [-0.2, 0) is 9.53 Å². The number of carbonyl (C=O) groups excluding carboxylic acids is 3. The average molecular weight is 407 g/mol. The second-order valence-corrected chi connectivity index (χ2v) is 7.11. The van der Waals surface area contributed by atoms with E-state index in [2.05, 4.69) is 10.6 Å². The summed E-state index contributed by atoms with van der Waals surface area (Å²) in [4.78, 5) is 38.9. The highest BCUT2D eigenvalue weighted by atomic mass is 16.5. The van der Waals surface area contributed by atoms with E-state index in [1.165, 1.54) is 4.90 Å². The molecule has 2 aromatic carbocycles. The summed E-state index contributed by atoms with van der Waals surface area (Å²) in [5, 5.41) is 5.70. The van der Waals surface area contributed by atoms with Gasteiger partial charge in [-0.15, -0.1) is 0 Å². The van der Waals surface area contributed by atoms with Crippen LogP contribution in [0, 0.1) is 6.92 Å². The molecule has 0 bridgehead atoms. The van der Waals surface area contributed by atoms with Crippen molar-refractivity contribution in [1.82, 2.24) is 10.2 Å². The minimum absolute atomic E-state index is 0.229.